The lowest BCUT2D eigenvalue weighted by atomic mass is 9.90. The zero-order valence-electron chi connectivity index (χ0n) is 13.8. The van der Waals surface area contributed by atoms with Crippen LogP contribution in [0.2, 0.25) is 0 Å². The molecule has 2 heterocycles. The van der Waals surface area contributed by atoms with Gasteiger partial charge in [0.25, 0.3) is 5.91 Å². The second-order valence-electron chi connectivity index (χ2n) is 6.74. The number of rotatable bonds is 2. The smallest absolute Gasteiger partial charge is 0.330 e. The minimum atomic E-state index is -4.70. The molecule has 0 bridgehead atoms. The molecule has 1 aromatic carbocycles. The number of nitrogens with two attached hydrogens (primary N) is 1. The summed E-state index contributed by atoms with van der Waals surface area (Å²) in [5.41, 5.74) is 7.79. The molecule has 2 aromatic rings. The van der Waals surface area contributed by atoms with E-state index in [0.717, 1.165) is 31.2 Å². The molecule has 1 aliphatic heterocycles. The van der Waals surface area contributed by atoms with Crippen molar-refractivity contribution in [3.05, 3.63) is 35.2 Å². The normalized spacial score (nSPS) is 23.4. The van der Waals surface area contributed by atoms with E-state index in [-0.39, 0.29) is 23.8 Å². The van der Waals surface area contributed by atoms with E-state index in [4.69, 9.17) is 5.73 Å². The molecule has 6 nitrogen and oxygen atoms in total. The van der Waals surface area contributed by atoms with Gasteiger partial charge in [-0.1, -0.05) is 30.1 Å². The van der Waals surface area contributed by atoms with Gasteiger partial charge in [-0.15, -0.1) is 0 Å². The summed E-state index contributed by atoms with van der Waals surface area (Å²) in [4.78, 5) is 18.0. The van der Waals surface area contributed by atoms with Crippen LogP contribution in [-0.4, -0.2) is 33.0 Å². The summed E-state index contributed by atoms with van der Waals surface area (Å²) in [6.07, 6.45) is -0.846. The molecule has 1 fully saturated rings. The Kier molecular flexibility index (Phi) is 3.98. The molecule has 9 heteroatoms. The van der Waals surface area contributed by atoms with Crippen LogP contribution in [0.5, 0.6) is 0 Å². The Bertz CT molecular complexity index is 849. The van der Waals surface area contributed by atoms with Crippen molar-refractivity contribution in [2.75, 3.05) is 0 Å². The third kappa shape index (κ3) is 2.86. The Morgan fingerprint density at radius 1 is 1.23 bits per heavy atom. The minimum Gasteiger partial charge on any atom is -0.330 e. The van der Waals surface area contributed by atoms with Gasteiger partial charge in [0.2, 0.25) is 5.82 Å². The second-order valence-corrected chi connectivity index (χ2v) is 6.74. The third-order valence-corrected chi connectivity index (χ3v) is 5.05. The molecule has 2 N–H and O–H groups in total. The van der Waals surface area contributed by atoms with Gasteiger partial charge in [0.05, 0.1) is 0 Å². The summed E-state index contributed by atoms with van der Waals surface area (Å²) < 4.78 is 42.1. The van der Waals surface area contributed by atoms with Crippen LogP contribution in [0, 0.1) is 0 Å². The van der Waals surface area contributed by atoms with E-state index in [2.05, 4.69) is 14.7 Å². The van der Waals surface area contributed by atoms with E-state index in [1.807, 2.05) is 0 Å². The van der Waals surface area contributed by atoms with E-state index >= 15 is 0 Å². The largest absolute Gasteiger partial charge is 0.471 e. The molecule has 0 radical (unpaired) electrons. The molecule has 1 aromatic heterocycles. The molecule has 138 valence electrons. The number of carbonyl (C=O) groups excluding carboxylic acids is 1. The van der Waals surface area contributed by atoms with E-state index in [9.17, 15) is 18.0 Å². The molecule has 2 atom stereocenters. The Labute approximate surface area is 147 Å². The summed E-state index contributed by atoms with van der Waals surface area (Å²) >= 11 is 0. The maximum atomic E-state index is 12.8. The first-order valence-electron chi connectivity index (χ1n) is 8.45. The van der Waals surface area contributed by atoms with Crippen molar-refractivity contribution in [1.29, 1.82) is 0 Å². The molecule has 2 aliphatic rings. The number of carbonyl (C=O) groups is 1. The number of fused-ring (bicyclic) bond motifs is 1. The van der Waals surface area contributed by atoms with Gasteiger partial charge in [0.15, 0.2) is 0 Å². The van der Waals surface area contributed by atoms with Crippen LogP contribution in [0.25, 0.3) is 11.4 Å². The van der Waals surface area contributed by atoms with Gasteiger partial charge in [0.1, 0.15) is 0 Å². The van der Waals surface area contributed by atoms with Crippen molar-refractivity contribution in [2.24, 2.45) is 5.73 Å². The Morgan fingerprint density at radius 3 is 2.69 bits per heavy atom. The zero-order chi connectivity index (χ0) is 18.5. The molecule has 0 unspecified atom stereocenters. The summed E-state index contributed by atoms with van der Waals surface area (Å²) in [5.74, 6) is -1.75. The highest BCUT2D eigenvalue weighted by molar-refractivity contribution is 5.99. The third-order valence-electron chi connectivity index (χ3n) is 5.05. The highest BCUT2D eigenvalue weighted by atomic mass is 19.4. The van der Waals surface area contributed by atoms with Crippen molar-refractivity contribution in [3.8, 4) is 11.4 Å². The highest BCUT2D eigenvalue weighted by Gasteiger charge is 2.39. The predicted octanol–water partition coefficient (Wildman–Crippen LogP) is 2.98. The van der Waals surface area contributed by atoms with Crippen LogP contribution in [0.4, 0.5) is 13.2 Å². The quantitative estimate of drug-likeness (QED) is 0.883. The molecule has 1 amide bonds. The van der Waals surface area contributed by atoms with Crippen molar-refractivity contribution < 1.29 is 22.5 Å². The highest BCUT2D eigenvalue weighted by Crippen LogP contribution is 2.34. The number of nitrogens with zero attached hydrogens (tertiary/aromatic N) is 3. The summed E-state index contributed by atoms with van der Waals surface area (Å²) in [6, 6.07) is 4.79. The first-order chi connectivity index (χ1) is 12.3. The fourth-order valence-corrected chi connectivity index (χ4v) is 3.71. The van der Waals surface area contributed by atoms with Crippen LogP contribution in [0.1, 0.15) is 47.5 Å². The fourth-order valence-electron chi connectivity index (χ4n) is 3.71. The van der Waals surface area contributed by atoms with E-state index in [1.165, 1.54) is 6.07 Å². The lowest BCUT2D eigenvalue weighted by Gasteiger charge is -2.35. The number of halogens is 3. The maximum absolute atomic E-state index is 12.8. The molecule has 4 rings (SSSR count). The lowest BCUT2D eigenvalue weighted by Crippen LogP contribution is -2.49. The average molecular weight is 366 g/mol. The molecule has 26 heavy (non-hydrogen) atoms. The van der Waals surface area contributed by atoms with Gasteiger partial charge < -0.3 is 15.2 Å². The van der Waals surface area contributed by atoms with Crippen molar-refractivity contribution in [2.45, 2.75) is 50.5 Å². The zero-order valence-corrected chi connectivity index (χ0v) is 13.8. The van der Waals surface area contributed by atoms with Gasteiger partial charge in [-0.2, -0.15) is 18.2 Å². The minimum absolute atomic E-state index is 0.00546. The first-order valence-corrected chi connectivity index (χ1v) is 8.45. The second kappa shape index (κ2) is 6.08. The summed E-state index contributed by atoms with van der Waals surface area (Å²) in [5, 5.41) is 3.37. The van der Waals surface area contributed by atoms with Gasteiger partial charge >= 0.3 is 12.1 Å². The van der Waals surface area contributed by atoms with Crippen molar-refractivity contribution in [1.82, 2.24) is 15.0 Å². The number of hydrogen-bond donors (Lipinski definition) is 1. The number of alkyl halides is 3. The van der Waals surface area contributed by atoms with Gasteiger partial charge in [-0.3, -0.25) is 4.79 Å². The predicted molar refractivity (Wildman–Crippen MR) is 84.8 cm³/mol. The first kappa shape index (κ1) is 17.0. The molecule has 0 saturated heterocycles. The Morgan fingerprint density at radius 2 is 2.00 bits per heavy atom. The van der Waals surface area contributed by atoms with Crippen LogP contribution >= 0.6 is 0 Å². The topological polar surface area (TPSA) is 85.2 Å². The molecular formula is C17H17F3N4O2. The molecule has 1 aliphatic carbocycles. The Hall–Kier alpha value is -2.42. The van der Waals surface area contributed by atoms with E-state index < -0.39 is 12.1 Å². The van der Waals surface area contributed by atoms with E-state index in [1.54, 1.807) is 17.0 Å². The number of benzene rings is 1. The fraction of sp³-hybridized carbons (Fsp3) is 0.471. The summed E-state index contributed by atoms with van der Waals surface area (Å²) in [7, 11) is 0. The summed E-state index contributed by atoms with van der Waals surface area (Å²) in [6.45, 7) is 0.465. The maximum Gasteiger partial charge on any atom is 0.471 e. The number of hydrogen-bond acceptors (Lipinski definition) is 5. The average Bonchev–Trinajstić information content (AvgIpc) is 3.21. The van der Waals surface area contributed by atoms with Crippen LogP contribution in [0.3, 0.4) is 0 Å². The number of aromatic nitrogens is 2. The van der Waals surface area contributed by atoms with E-state index in [0.29, 0.717) is 17.7 Å². The monoisotopic (exact) mass is 366 g/mol. The van der Waals surface area contributed by atoms with Gasteiger partial charge in [0, 0.05) is 29.8 Å². The van der Waals surface area contributed by atoms with Crippen molar-refractivity contribution in [3.63, 3.8) is 0 Å². The molecule has 1 saturated carbocycles. The number of amides is 1. The van der Waals surface area contributed by atoms with Gasteiger partial charge in [-0.05, 0) is 24.5 Å². The van der Waals surface area contributed by atoms with Crippen LogP contribution < -0.4 is 5.73 Å². The molecule has 0 spiro atoms. The lowest BCUT2D eigenvalue weighted by molar-refractivity contribution is -0.159. The Balaban J connectivity index is 1.61. The van der Waals surface area contributed by atoms with Crippen LogP contribution in [-0.2, 0) is 12.7 Å². The van der Waals surface area contributed by atoms with Gasteiger partial charge in [-0.25, -0.2) is 0 Å². The van der Waals surface area contributed by atoms with Crippen molar-refractivity contribution >= 4 is 5.91 Å². The van der Waals surface area contributed by atoms with Crippen LogP contribution in [0.15, 0.2) is 22.7 Å². The SMILES string of the molecule is N[C@@H]1CCCC[C@H]1N1Cc2ccc(-c3noc(C(F)(F)F)n3)cc2C1=O. The standard InChI is InChI=1S/C17H17F3N4O2/c18-17(19,20)16-22-14(23-26-16)9-5-6-10-8-24(15(25)11(10)7-9)13-4-2-1-3-12(13)21/h5-7,12-13H,1-4,8,21H2/t12-,13-/m1/s1. The molecular weight excluding hydrogens is 349 g/mol.